The number of carboxylic acids is 1. The van der Waals surface area contributed by atoms with Crippen molar-refractivity contribution in [2.24, 2.45) is 5.41 Å². The minimum absolute atomic E-state index is 0.0165. The summed E-state index contributed by atoms with van der Waals surface area (Å²) in [6, 6.07) is 3.66. The summed E-state index contributed by atoms with van der Waals surface area (Å²) in [7, 11) is 0. The van der Waals surface area contributed by atoms with Gasteiger partial charge in [0.25, 0.3) is 0 Å². The second kappa shape index (κ2) is 6.03. The minimum atomic E-state index is -0.781. The van der Waals surface area contributed by atoms with Crippen LogP contribution < -0.4 is 0 Å². The van der Waals surface area contributed by atoms with Crippen LogP contribution in [0.1, 0.15) is 31.7 Å². The molecule has 20 heavy (non-hydrogen) atoms. The lowest BCUT2D eigenvalue weighted by atomic mass is 9.83. The highest BCUT2D eigenvalue weighted by Crippen LogP contribution is 2.35. The minimum Gasteiger partial charge on any atom is -0.481 e. The van der Waals surface area contributed by atoms with Crippen LogP contribution in [0, 0.1) is 5.41 Å². The number of aliphatic carboxylic acids is 1. The van der Waals surface area contributed by atoms with Crippen LogP contribution in [0.4, 0.5) is 0 Å². The summed E-state index contributed by atoms with van der Waals surface area (Å²) in [6.45, 7) is 2.84. The number of aromatic nitrogens is 1. The van der Waals surface area contributed by atoms with Gasteiger partial charge in [0.15, 0.2) is 0 Å². The third kappa shape index (κ3) is 2.98. The van der Waals surface area contributed by atoms with E-state index in [1.807, 2.05) is 13.0 Å². The van der Waals surface area contributed by atoms with Crippen molar-refractivity contribution in [1.82, 2.24) is 9.88 Å². The van der Waals surface area contributed by atoms with Crippen LogP contribution in [0.2, 0.25) is 0 Å². The van der Waals surface area contributed by atoms with E-state index < -0.39 is 11.4 Å². The fourth-order valence-electron chi connectivity index (χ4n) is 2.84. The SMILES string of the molecule is CCCC1(C(=O)O)CCN(C(=O)Cc2cccnc2)C1. The maximum atomic E-state index is 12.2. The molecule has 1 fully saturated rings. The molecule has 2 heterocycles. The largest absolute Gasteiger partial charge is 0.481 e. The molecule has 1 aromatic rings. The van der Waals surface area contributed by atoms with Gasteiger partial charge in [-0.1, -0.05) is 19.4 Å². The zero-order valence-electron chi connectivity index (χ0n) is 11.7. The van der Waals surface area contributed by atoms with E-state index in [9.17, 15) is 14.7 Å². The molecule has 1 saturated heterocycles. The van der Waals surface area contributed by atoms with Gasteiger partial charge in [0, 0.05) is 25.5 Å². The zero-order valence-corrected chi connectivity index (χ0v) is 11.7. The monoisotopic (exact) mass is 276 g/mol. The summed E-state index contributed by atoms with van der Waals surface area (Å²) in [6.07, 6.45) is 5.62. The summed E-state index contributed by atoms with van der Waals surface area (Å²) in [4.78, 5) is 29.4. The molecule has 5 heteroatoms. The number of carbonyl (C=O) groups excluding carboxylic acids is 1. The average molecular weight is 276 g/mol. The molecular formula is C15H20N2O3. The smallest absolute Gasteiger partial charge is 0.311 e. The Kier molecular flexibility index (Phi) is 4.37. The Hall–Kier alpha value is -1.91. The summed E-state index contributed by atoms with van der Waals surface area (Å²) in [5.41, 5.74) is 0.111. The van der Waals surface area contributed by atoms with Crippen LogP contribution in [0.5, 0.6) is 0 Å². The van der Waals surface area contributed by atoms with Crippen LogP contribution in [0.25, 0.3) is 0 Å². The average Bonchev–Trinajstić information content (AvgIpc) is 2.86. The van der Waals surface area contributed by atoms with Crippen molar-refractivity contribution >= 4 is 11.9 Å². The van der Waals surface area contributed by atoms with Gasteiger partial charge in [-0.3, -0.25) is 14.6 Å². The van der Waals surface area contributed by atoms with E-state index >= 15 is 0 Å². The van der Waals surface area contributed by atoms with Crippen molar-refractivity contribution in [2.45, 2.75) is 32.6 Å². The zero-order chi connectivity index (χ0) is 14.6. The molecule has 1 aliphatic rings. The molecule has 0 saturated carbocycles. The molecule has 1 aliphatic heterocycles. The van der Waals surface area contributed by atoms with E-state index in [1.54, 1.807) is 23.4 Å². The van der Waals surface area contributed by atoms with Crippen molar-refractivity contribution < 1.29 is 14.7 Å². The van der Waals surface area contributed by atoms with Crippen LogP contribution in [-0.4, -0.2) is 40.0 Å². The highest BCUT2D eigenvalue weighted by molar-refractivity contribution is 5.82. The van der Waals surface area contributed by atoms with Crippen molar-refractivity contribution in [3.63, 3.8) is 0 Å². The van der Waals surface area contributed by atoms with Gasteiger partial charge in [-0.15, -0.1) is 0 Å². The van der Waals surface area contributed by atoms with E-state index in [0.29, 0.717) is 25.9 Å². The van der Waals surface area contributed by atoms with Gasteiger partial charge in [-0.05, 0) is 24.5 Å². The molecule has 0 radical (unpaired) electrons. The molecule has 0 aliphatic carbocycles. The maximum absolute atomic E-state index is 12.2. The molecule has 1 atom stereocenters. The first-order valence-electron chi connectivity index (χ1n) is 6.97. The van der Waals surface area contributed by atoms with Gasteiger partial charge in [0.1, 0.15) is 0 Å². The number of carbonyl (C=O) groups is 2. The lowest BCUT2D eigenvalue weighted by molar-refractivity contribution is -0.149. The third-order valence-corrected chi connectivity index (χ3v) is 3.97. The first kappa shape index (κ1) is 14.5. The van der Waals surface area contributed by atoms with Crippen molar-refractivity contribution in [2.75, 3.05) is 13.1 Å². The molecule has 1 aromatic heterocycles. The Morgan fingerprint density at radius 2 is 2.30 bits per heavy atom. The van der Waals surface area contributed by atoms with E-state index in [0.717, 1.165) is 12.0 Å². The van der Waals surface area contributed by atoms with Crippen molar-refractivity contribution in [3.05, 3.63) is 30.1 Å². The second-order valence-electron chi connectivity index (χ2n) is 5.44. The quantitative estimate of drug-likeness (QED) is 0.889. The number of pyridine rings is 1. The number of hydrogen-bond donors (Lipinski definition) is 1. The van der Waals surface area contributed by atoms with Crippen LogP contribution in [0.3, 0.4) is 0 Å². The van der Waals surface area contributed by atoms with Gasteiger partial charge < -0.3 is 10.0 Å². The van der Waals surface area contributed by atoms with E-state index in [4.69, 9.17) is 0 Å². The van der Waals surface area contributed by atoms with Crippen LogP contribution in [0.15, 0.2) is 24.5 Å². The molecule has 2 rings (SSSR count). The fourth-order valence-corrected chi connectivity index (χ4v) is 2.84. The molecule has 0 bridgehead atoms. The lowest BCUT2D eigenvalue weighted by Crippen LogP contribution is -2.37. The predicted molar refractivity (Wildman–Crippen MR) is 74.1 cm³/mol. The Labute approximate surface area is 118 Å². The van der Waals surface area contributed by atoms with E-state index in [-0.39, 0.29) is 12.3 Å². The Balaban J connectivity index is 2.01. The molecule has 0 aromatic carbocycles. The second-order valence-corrected chi connectivity index (χ2v) is 5.44. The fraction of sp³-hybridized carbons (Fsp3) is 0.533. The first-order valence-corrected chi connectivity index (χ1v) is 6.97. The maximum Gasteiger partial charge on any atom is 0.311 e. The van der Waals surface area contributed by atoms with Gasteiger partial charge in [-0.2, -0.15) is 0 Å². The van der Waals surface area contributed by atoms with Crippen molar-refractivity contribution in [1.29, 1.82) is 0 Å². The normalized spacial score (nSPS) is 21.9. The van der Waals surface area contributed by atoms with Crippen molar-refractivity contribution in [3.8, 4) is 0 Å². The highest BCUT2D eigenvalue weighted by atomic mass is 16.4. The number of carboxylic acid groups (broad SMARTS) is 1. The van der Waals surface area contributed by atoms with Gasteiger partial charge in [-0.25, -0.2) is 0 Å². The van der Waals surface area contributed by atoms with Gasteiger partial charge in [0.05, 0.1) is 11.8 Å². The number of amides is 1. The topological polar surface area (TPSA) is 70.5 Å². The summed E-state index contributed by atoms with van der Waals surface area (Å²) < 4.78 is 0. The predicted octanol–water partition coefficient (Wildman–Crippen LogP) is 1.73. The summed E-state index contributed by atoms with van der Waals surface area (Å²) >= 11 is 0. The van der Waals surface area contributed by atoms with Gasteiger partial charge >= 0.3 is 5.97 Å². The molecule has 1 unspecified atom stereocenters. The van der Waals surface area contributed by atoms with Gasteiger partial charge in [0.2, 0.25) is 5.91 Å². The standard InChI is InChI=1S/C15H20N2O3/c1-2-5-15(14(19)20)6-8-17(11-15)13(18)9-12-4-3-7-16-10-12/h3-4,7,10H,2,5-6,8-9,11H2,1H3,(H,19,20). The molecular weight excluding hydrogens is 256 g/mol. The number of likely N-dealkylation sites (tertiary alicyclic amines) is 1. The molecule has 5 nitrogen and oxygen atoms in total. The third-order valence-electron chi connectivity index (χ3n) is 3.97. The number of rotatable bonds is 5. The highest BCUT2D eigenvalue weighted by Gasteiger charge is 2.45. The Morgan fingerprint density at radius 3 is 2.90 bits per heavy atom. The molecule has 1 N–H and O–H groups in total. The van der Waals surface area contributed by atoms with E-state index in [1.165, 1.54) is 0 Å². The molecule has 108 valence electrons. The Bertz CT molecular complexity index is 489. The summed E-state index contributed by atoms with van der Waals surface area (Å²) in [5.74, 6) is -0.798. The molecule has 0 spiro atoms. The first-order chi connectivity index (χ1) is 9.57. The summed E-state index contributed by atoms with van der Waals surface area (Å²) in [5, 5.41) is 9.44. The Morgan fingerprint density at radius 1 is 1.50 bits per heavy atom. The molecule has 1 amide bonds. The van der Waals surface area contributed by atoms with Crippen LogP contribution in [-0.2, 0) is 16.0 Å². The number of nitrogens with zero attached hydrogens (tertiary/aromatic N) is 2. The lowest BCUT2D eigenvalue weighted by Gasteiger charge is -2.24. The van der Waals surface area contributed by atoms with Crippen LogP contribution >= 0.6 is 0 Å². The van der Waals surface area contributed by atoms with E-state index in [2.05, 4.69) is 4.98 Å². The number of hydrogen-bond acceptors (Lipinski definition) is 3.